The largest absolute Gasteiger partial charge is 0.462 e. The fourth-order valence-corrected chi connectivity index (χ4v) is 2.02. The molecule has 2 aromatic rings. The van der Waals surface area contributed by atoms with Crippen LogP contribution >= 0.6 is 0 Å². The molecular formula is C14H13NO5. The van der Waals surface area contributed by atoms with Gasteiger partial charge in [0, 0.05) is 11.5 Å². The molecule has 0 atom stereocenters. The van der Waals surface area contributed by atoms with Crippen molar-refractivity contribution in [1.29, 1.82) is 0 Å². The Bertz CT molecular complexity index is 760. The third-order valence-corrected chi connectivity index (χ3v) is 2.92. The molecule has 2 rings (SSSR count). The van der Waals surface area contributed by atoms with Crippen molar-refractivity contribution >= 4 is 28.5 Å². The maximum absolute atomic E-state index is 11.5. The molecule has 1 amide bonds. The van der Waals surface area contributed by atoms with Crippen LogP contribution in [0.3, 0.4) is 0 Å². The zero-order chi connectivity index (χ0) is 14.9. The quantitative estimate of drug-likeness (QED) is 0.484. The van der Waals surface area contributed by atoms with Crippen LogP contribution in [-0.4, -0.2) is 19.0 Å². The fraction of sp³-hybridized carbons (Fsp3) is 0.214. The number of carbonyl (C=O) groups is 2. The van der Waals surface area contributed by atoms with Crippen LogP contribution in [0, 0.1) is 13.8 Å². The summed E-state index contributed by atoms with van der Waals surface area (Å²) in [5.41, 5.74) is 1.61. The molecule has 1 aromatic carbocycles. The van der Waals surface area contributed by atoms with E-state index in [1.165, 1.54) is 6.07 Å². The molecule has 0 aliphatic carbocycles. The molecule has 1 aromatic heterocycles. The number of benzene rings is 1. The molecule has 104 valence electrons. The molecule has 0 aliphatic heterocycles. The summed E-state index contributed by atoms with van der Waals surface area (Å²) in [5, 5.41) is 3.10. The lowest BCUT2D eigenvalue weighted by Gasteiger charge is -2.10. The predicted molar refractivity (Wildman–Crippen MR) is 72.6 cm³/mol. The summed E-state index contributed by atoms with van der Waals surface area (Å²) in [6, 6.07) is 4.71. The number of esters is 1. The first-order chi connectivity index (χ1) is 9.43. The number of fused-ring (bicyclic) bond motifs is 1. The number of carbonyl (C=O) groups excluding carboxylic acids is 2. The van der Waals surface area contributed by atoms with E-state index in [9.17, 15) is 14.4 Å². The van der Waals surface area contributed by atoms with Crippen LogP contribution < -0.4 is 10.9 Å². The van der Waals surface area contributed by atoms with Gasteiger partial charge in [-0.25, -0.2) is 9.59 Å². The minimum Gasteiger partial charge on any atom is -0.462 e. The molecular weight excluding hydrogens is 262 g/mol. The van der Waals surface area contributed by atoms with Gasteiger partial charge < -0.3 is 14.5 Å². The summed E-state index contributed by atoms with van der Waals surface area (Å²) < 4.78 is 9.47. The summed E-state index contributed by atoms with van der Waals surface area (Å²) >= 11 is 0. The van der Waals surface area contributed by atoms with Crippen LogP contribution in [0.2, 0.25) is 0 Å². The zero-order valence-corrected chi connectivity index (χ0v) is 11.3. The van der Waals surface area contributed by atoms with Gasteiger partial charge in [-0.1, -0.05) is 6.07 Å². The van der Waals surface area contributed by atoms with Crippen molar-refractivity contribution in [2.75, 3.05) is 12.4 Å². The maximum Gasteiger partial charge on any atom is 0.396 e. The first-order valence-electron chi connectivity index (χ1n) is 5.87. The second-order valence-electron chi connectivity index (χ2n) is 4.33. The second-order valence-corrected chi connectivity index (χ2v) is 4.33. The van der Waals surface area contributed by atoms with Gasteiger partial charge in [0.1, 0.15) is 0 Å². The lowest BCUT2D eigenvalue weighted by Crippen LogP contribution is -2.24. The van der Waals surface area contributed by atoms with Gasteiger partial charge >= 0.3 is 17.5 Å². The van der Waals surface area contributed by atoms with Gasteiger partial charge in [0.15, 0.2) is 5.58 Å². The number of hydrogen-bond acceptors (Lipinski definition) is 5. The van der Waals surface area contributed by atoms with Crippen molar-refractivity contribution in [2.24, 2.45) is 0 Å². The van der Waals surface area contributed by atoms with Crippen LogP contribution in [0.1, 0.15) is 11.1 Å². The highest BCUT2D eigenvalue weighted by Crippen LogP contribution is 2.27. The number of nitrogens with one attached hydrogen (secondary N) is 1. The Balaban J connectivity index is 2.61. The van der Waals surface area contributed by atoms with Crippen molar-refractivity contribution in [1.82, 2.24) is 0 Å². The third kappa shape index (κ3) is 2.40. The highest BCUT2D eigenvalue weighted by Gasteiger charge is 2.17. The van der Waals surface area contributed by atoms with Crippen LogP contribution in [0.15, 0.2) is 27.4 Å². The number of hydrogen-bond donors (Lipinski definition) is 1. The van der Waals surface area contributed by atoms with Crippen molar-refractivity contribution in [3.05, 3.63) is 39.7 Å². The van der Waals surface area contributed by atoms with E-state index in [2.05, 4.69) is 10.1 Å². The van der Waals surface area contributed by atoms with E-state index in [-0.39, 0.29) is 11.3 Å². The lowest BCUT2D eigenvalue weighted by molar-refractivity contribution is -0.150. The highest BCUT2D eigenvalue weighted by atomic mass is 16.5. The minimum atomic E-state index is -1.02. The van der Waals surface area contributed by atoms with E-state index in [4.69, 9.17) is 4.42 Å². The molecule has 0 radical (unpaired) electrons. The SMILES string of the molecule is COC(=O)C(=O)Nc1ccc(C)c2c(C)cc(=O)oc12. The first-order valence-corrected chi connectivity index (χ1v) is 5.87. The Morgan fingerprint density at radius 2 is 1.90 bits per heavy atom. The third-order valence-electron chi connectivity index (χ3n) is 2.92. The normalized spacial score (nSPS) is 10.3. The number of ether oxygens (including phenoxy) is 1. The van der Waals surface area contributed by atoms with Crippen LogP contribution in [-0.2, 0) is 14.3 Å². The molecule has 0 saturated heterocycles. The minimum absolute atomic E-state index is 0.243. The van der Waals surface area contributed by atoms with Crippen LogP contribution in [0.5, 0.6) is 0 Å². The number of amides is 1. The van der Waals surface area contributed by atoms with Gasteiger partial charge in [0.05, 0.1) is 12.8 Å². The van der Waals surface area contributed by atoms with E-state index in [1.54, 1.807) is 19.1 Å². The van der Waals surface area contributed by atoms with Gasteiger partial charge in [-0.05, 0) is 31.0 Å². The molecule has 1 N–H and O–H groups in total. The van der Waals surface area contributed by atoms with Gasteiger partial charge in [-0.2, -0.15) is 0 Å². The predicted octanol–water partition coefficient (Wildman–Crippen LogP) is 1.52. The van der Waals surface area contributed by atoms with Crippen molar-refractivity contribution in [2.45, 2.75) is 13.8 Å². The van der Waals surface area contributed by atoms with Gasteiger partial charge in [0.2, 0.25) is 0 Å². The molecule has 0 unspecified atom stereocenters. The van der Waals surface area contributed by atoms with Crippen molar-refractivity contribution in [3.8, 4) is 0 Å². The molecule has 0 bridgehead atoms. The number of anilines is 1. The molecule has 6 nitrogen and oxygen atoms in total. The summed E-state index contributed by atoms with van der Waals surface area (Å²) in [6.07, 6.45) is 0. The number of rotatable bonds is 1. The summed E-state index contributed by atoms with van der Waals surface area (Å²) in [7, 11) is 1.11. The van der Waals surface area contributed by atoms with Gasteiger partial charge in [-0.15, -0.1) is 0 Å². The summed E-state index contributed by atoms with van der Waals surface area (Å²) in [5.74, 6) is -1.95. The molecule has 1 heterocycles. The van der Waals surface area contributed by atoms with Crippen LogP contribution in [0.4, 0.5) is 5.69 Å². The second kappa shape index (κ2) is 5.16. The van der Waals surface area contributed by atoms with Crippen molar-refractivity contribution < 1.29 is 18.7 Å². The average Bonchev–Trinajstić information content (AvgIpc) is 2.40. The average molecular weight is 275 g/mol. The molecule has 0 spiro atoms. The standard InChI is InChI=1S/C14H13NO5/c1-7-4-5-9(15-13(17)14(18)19-3)12-11(7)8(2)6-10(16)20-12/h4-6H,1-3H3,(H,15,17). The maximum atomic E-state index is 11.5. The Kier molecular flexibility index (Phi) is 3.56. The Morgan fingerprint density at radius 3 is 2.55 bits per heavy atom. The van der Waals surface area contributed by atoms with Crippen molar-refractivity contribution in [3.63, 3.8) is 0 Å². The van der Waals surface area contributed by atoms with Gasteiger partial charge in [-0.3, -0.25) is 4.79 Å². The molecule has 0 aliphatic rings. The van der Waals surface area contributed by atoms with E-state index in [0.717, 1.165) is 23.6 Å². The molecule has 0 fully saturated rings. The Morgan fingerprint density at radius 1 is 1.20 bits per heavy atom. The topological polar surface area (TPSA) is 85.6 Å². The highest BCUT2D eigenvalue weighted by molar-refractivity contribution is 6.37. The van der Waals surface area contributed by atoms with Crippen LogP contribution in [0.25, 0.3) is 11.0 Å². The van der Waals surface area contributed by atoms with E-state index < -0.39 is 17.5 Å². The fourth-order valence-electron chi connectivity index (χ4n) is 2.02. The Hall–Kier alpha value is -2.63. The van der Waals surface area contributed by atoms with E-state index in [1.807, 2.05) is 6.92 Å². The monoisotopic (exact) mass is 275 g/mol. The molecule has 20 heavy (non-hydrogen) atoms. The number of aryl methyl sites for hydroxylation is 2. The Labute approximate surface area is 114 Å². The van der Waals surface area contributed by atoms with Gasteiger partial charge in [0.25, 0.3) is 0 Å². The zero-order valence-electron chi connectivity index (χ0n) is 11.3. The summed E-state index contributed by atoms with van der Waals surface area (Å²) in [6.45, 7) is 3.64. The molecule has 0 saturated carbocycles. The first kappa shape index (κ1) is 13.8. The summed E-state index contributed by atoms with van der Waals surface area (Å²) in [4.78, 5) is 34.1. The molecule has 6 heteroatoms. The van der Waals surface area contributed by atoms with E-state index >= 15 is 0 Å². The number of methoxy groups -OCH3 is 1. The van der Waals surface area contributed by atoms with E-state index in [0.29, 0.717) is 0 Å². The smallest absolute Gasteiger partial charge is 0.396 e. The lowest BCUT2D eigenvalue weighted by atomic mass is 10.0.